The van der Waals surface area contributed by atoms with E-state index in [0.29, 0.717) is 5.69 Å². The molecule has 2 N–H and O–H groups in total. The molecule has 1 amide bonds. The molecule has 5 heteroatoms. The SMILES string of the molecule is Cc1c(CC(N)=O)nnn1CC1CC1. The molecule has 1 saturated carbocycles. The van der Waals surface area contributed by atoms with Crippen LogP contribution >= 0.6 is 0 Å². The minimum atomic E-state index is -0.355. The van der Waals surface area contributed by atoms with E-state index in [2.05, 4.69) is 10.3 Å². The molecule has 1 aromatic rings. The van der Waals surface area contributed by atoms with Crippen LogP contribution in [0.2, 0.25) is 0 Å². The quantitative estimate of drug-likeness (QED) is 0.734. The van der Waals surface area contributed by atoms with Gasteiger partial charge in [0.05, 0.1) is 17.8 Å². The second kappa shape index (κ2) is 3.40. The Hall–Kier alpha value is -1.39. The van der Waals surface area contributed by atoms with Crippen LogP contribution in [0.3, 0.4) is 0 Å². The van der Waals surface area contributed by atoms with Gasteiger partial charge in [-0.15, -0.1) is 5.10 Å². The van der Waals surface area contributed by atoms with Gasteiger partial charge in [0.25, 0.3) is 0 Å². The third kappa shape index (κ3) is 1.92. The summed E-state index contributed by atoms with van der Waals surface area (Å²) < 4.78 is 1.87. The van der Waals surface area contributed by atoms with E-state index in [1.807, 2.05) is 11.6 Å². The van der Waals surface area contributed by atoms with Gasteiger partial charge in [-0.25, -0.2) is 4.68 Å². The number of primary amides is 1. The summed E-state index contributed by atoms with van der Waals surface area (Å²) in [7, 11) is 0. The predicted octanol–water partition coefficient (Wildman–Crippen LogP) is 0.0243. The number of amides is 1. The van der Waals surface area contributed by atoms with Crippen molar-refractivity contribution in [2.45, 2.75) is 32.7 Å². The first kappa shape index (κ1) is 9.18. The number of carbonyl (C=O) groups is 1. The zero-order valence-corrected chi connectivity index (χ0v) is 8.23. The van der Waals surface area contributed by atoms with Crippen molar-refractivity contribution in [1.29, 1.82) is 0 Å². The highest BCUT2D eigenvalue weighted by atomic mass is 16.1. The first-order valence-corrected chi connectivity index (χ1v) is 4.84. The van der Waals surface area contributed by atoms with Crippen molar-refractivity contribution in [2.75, 3.05) is 0 Å². The van der Waals surface area contributed by atoms with Gasteiger partial charge in [0.15, 0.2) is 0 Å². The Morgan fingerprint density at radius 1 is 1.64 bits per heavy atom. The smallest absolute Gasteiger partial charge is 0.223 e. The largest absolute Gasteiger partial charge is 0.369 e. The number of nitrogens with two attached hydrogens (primary N) is 1. The van der Waals surface area contributed by atoms with Gasteiger partial charge in [-0.1, -0.05) is 5.21 Å². The lowest BCUT2D eigenvalue weighted by molar-refractivity contribution is -0.117. The van der Waals surface area contributed by atoms with Crippen LogP contribution < -0.4 is 5.73 Å². The molecule has 1 fully saturated rings. The highest BCUT2D eigenvalue weighted by Crippen LogP contribution is 2.30. The summed E-state index contributed by atoms with van der Waals surface area (Å²) >= 11 is 0. The molecule has 5 nitrogen and oxygen atoms in total. The molecule has 0 aromatic carbocycles. The molecule has 0 aliphatic heterocycles. The highest BCUT2D eigenvalue weighted by molar-refractivity contribution is 5.76. The maximum Gasteiger partial charge on any atom is 0.223 e. The number of aromatic nitrogens is 3. The van der Waals surface area contributed by atoms with Crippen LogP contribution in [-0.4, -0.2) is 20.9 Å². The summed E-state index contributed by atoms with van der Waals surface area (Å²) in [6.07, 6.45) is 2.76. The minimum Gasteiger partial charge on any atom is -0.369 e. The van der Waals surface area contributed by atoms with Crippen molar-refractivity contribution in [1.82, 2.24) is 15.0 Å². The van der Waals surface area contributed by atoms with Crippen molar-refractivity contribution in [3.63, 3.8) is 0 Å². The van der Waals surface area contributed by atoms with E-state index in [9.17, 15) is 4.79 Å². The van der Waals surface area contributed by atoms with Gasteiger partial charge in [0.2, 0.25) is 5.91 Å². The number of carbonyl (C=O) groups excluding carboxylic acids is 1. The zero-order valence-electron chi connectivity index (χ0n) is 8.23. The van der Waals surface area contributed by atoms with E-state index in [4.69, 9.17) is 5.73 Å². The Morgan fingerprint density at radius 2 is 2.36 bits per heavy atom. The monoisotopic (exact) mass is 194 g/mol. The van der Waals surface area contributed by atoms with Gasteiger partial charge < -0.3 is 5.73 Å². The average Bonchev–Trinajstić information content (AvgIpc) is 2.86. The fraction of sp³-hybridized carbons (Fsp3) is 0.667. The summed E-state index contributed by atoms with van der Waals surface area (Å²) in [4.78, 5) is 10.7. The molecule has 0 spiro atoms. The predicted molar refractivity (Wildman–Crippen MR) is 50.4 cm³/mol. The topological polar surface area (TPSA) is 73.8 Å². The molecule has 76 valence electrons. The molecule has 0 unspecified atom stereocenters. The first-order valence-electron chi connectivity index (χ1n) is 4.84. The molecular weight excluding hydrogens is 180 g/mol. The maximum atomic E-state index is 10.7. The van der Waals surface area contributed by atoms with E-state index >= 15 is 0 Å². The standard InChI is InChI=1S/C9H14N4O/c1-6-8(4-9(10)14)11-12-13(6)5-7-2-3-7/h7H,2-5H2,1H3,(H2,10,14). The number of hydrogen-bond acceptors (Lipinski definition) is 3. The van der Waals surface area contributed by atoms with E-state index < -0.39 is 0 Å². The first-order chi connectivity index (χ1) is 6.66. The van der Waals surface area contributed by atoms with Gasteiger partial charge >= 0.3 is 0 Å². The Kier molecular flexibility index (Phi) is 2.23. The lowest BCUT2D eigenvalue weighted by atomic mass is 10.2. The van der Waals surface area contributed by atoms with E-state index in [-0.39, 0.29) is 12.3 Å². The molecule has 14 heavy (non-hydrogen) atoms. The van der Waals surface area contributed by atoms with Crippen molar-refractivity contribution in [2.24, 2.45) is 11.7 Å². The van der Waals surface area contributed by atoms with Crippen LogP contribution in [0.1, 0.15) is 24.2 Å². The van der Waals surface area contributed by atoms with Crippen LogP contribution in [0.15, 0.2) is 0 Å². The minimum absolute atomic E-state index is 0.191. The molecule has 1 heterocycles. The molecule has 2 rings (SSSR count). The van der Waals surface area contributed by atoms with Crippen molar-refractivity contribution < 1.29 is 4.79 Å². The summed E-state index contributed by atoms with van der Waals surface area (Å²) in [6, 6.07) is 0. The van der Waals surface area contributed by atoms with Gasteiger partial charge in [-0.3, -0.25) is 4.79 Å². The van der Waals surface area contributed by atoms with Gasteiger partial charge in [-0.05, 0) is 25.7 Å². The van der Waals surface area contributed by atoms with Gasteiger partial charge in [0, 0.05) is 6.54 Å². The Labute approximate surface area is 82.3 Å². The van der Waals surface area contributed by atoms with Gasteiger partial charge in [0.1, 0.15) is 0 Å². The van der Waals surface area contributed by atoms with E-state index in [1.54, 1.807) is 0 Å². The lowest BCUT2D eigenvalue weighted by Crippen LogP contribution is -2.15. The van der Waals surface area contributed by atoms with E-state index in [1.165, 1.54) is 12.8 Å². The Balaban J connectivity index is 2.09. The second-order valence-corrected chi connectivity index (χ2v) is 3.89. The molecule has 0 radical (unpaired) electrons. The maximum absolute atomic E-state index is 10.7. The average molecular weight is 194 g/mol. The van der Waals surface area contributed by atoms with Crippen LogP contribution in [0.4, 0.5) is 0 Å². The number of nitrogens with zero attached hydrogens (tertiary/aromatic N) is 3. The molecular formula is C9H14N4O. The Bertz CT molecular complexity index is 354. The fourth-order valence-electron chi connectivity index (χ4n) is 1.44. The molecule has 0 saturated heterocycles. The molecule has 1 aliphatic rings. The highest BCUT2D eigenvalue weighted by Gasteiger charge is 2.23. The van der Waals surface area contributed by atoms with Crippen LogP contribution in [-0.2, 0) is 17.8 Å². The van der Waals surface area contributed by atoms with Crippen molar-refractivity contribution in [3.8, 4) is 0 Å². The normalized spacial score (nSPS) is 15.8. The van der Waals surface area contributed by atoms with Crippen LogP contribution in [0, 0.1) is 12.8 Å². The lowest BCUT2D eigenvalue weighted by Gasteiger charge is -2.00. The molecule has 1 aromatic heterocycles. The summed E-state index contributed by atoms with van der Waals surface area (Å²) in [5.74, 6) is 0.406. The number of hydrogen-bond donors (Lipinski definition) is 1. The summed E-state index contributed by atoms with van der Waals surface area (Å²) in [5.41, 5.74) is 6.78. The third-order valence-corrected chi connectivity index (χ3v) is 2.55. The second-order valence-electron chi connectivity index (χ2n) is 3.89. The number of rotatable bonds is 4. The molecule has 1 aliphatic carbocycles. The van der Waals surface area contributed by atoms with E-state index in [0.717, 1.165) is 18.2 Å². The van der Waals surface area contributed by atoms with Gasteiger partial charge in [-0.2, -0.15) is 0 Å². The summed E-state index contributed by atoms with van der Waals surface area (Å²) in [6.45, 7) is 2.86. The Morgan fingerprint density at radius 3 is 2.93 bits per heavy atom. The van der Waals surface area contributed by atoms with Crippen molar-refractivity contribution in [3.05, 3.63) is 11.4 Å². The van der Waals surface area contributed by atoms with Crippen LogP contribution in [0.25, 0.3) is 0 Å². The third-order valence-electron chi connectivity index (χ3n) is 2.55. The fourth-order valence-corrected chi connectivity index (χ4v) is 1.44. The summed E-state index contributed by atoms with van der Waals surface area (Å²) in [5, 5.41) is 7.96. The molecule has 0 atom stereocenters. The van der Waals surface area contributed by atoms with Crippen LogP contribution in [0.5, 0.6) is 0 Å². The molecule has 0 bridgehead atoms. The zero-order chi connectivity index (χ0) is 10.1. The van der Waals surface area contributed by atoms with Crippen molar-refractivity contribution >= 4 is 5.91 Å².